The molecule has 0 aliphatic heterocycles. The van der Waals surface area contributed by atoms with E-state index < -0.39 is 0 Å². The van der Waals surface area contributed by atoms with Crippen molar-refractivity contribution in [2.24, 2.45) is 5.10 Å². The summed E-state index contributed by atoms with van der Waals surface area (Å²) in [5, 5.41) is 8.00. The maximum Gasteiger partial charge on any atom is 0.186 e. The predicted molar refractivity (Wildman–Crippen MR) is 86.5 cm³/mol. The van der Waals surface area contributed by atoms with E-state index in [1.807, 2.05) is 25.1 Å². The summed E-state index contributed by atoms with van der Waals surface area (Å²) < 4.78 is 0. The van der Waals surface area contributed by atoms with E-state index in [-0.39, 0.29) is 0 Å². The van der Waals surface area contributed by atoms with Gasteiger partial charge in [0.15, 0.2) is 5.11 Å². The molecule has 1 aromatic rings. The fourth-order valence-corrected chi connectivity index (χ4v) is 1.79. The van der Waals surface area contributed by atoms with E-state index in [2.05, 4.69) is 34.9 Å². The number of thiocarbonyl (C=S) groups is 1. The number of nitrogens with zero attached hydrogens (tertiary/aromatic N) is 1. The van der Waals surface area contributed by atoms with Gasteiger partial charge in [0.25, 0.3) is 0 Å². The first-order valence-electron chi connectivity index (χ1n) is 6.83. The number of benzene rings is 1. The van der Waals surface area contributed by atoms with E-state index in [4.69, 9.17) is 12.2 Å². The Labute approximate surface area is 121 Å². The minimum atomic E-state index is 0.590. The molecule has 0 saturated carbocycles. The molecule has 0 atom stereocenters. The van der Waals surface area contributed by atoms with Crippen molar-refractivity contribution < 1.29 is 0 Å². The van der Waals surface area contributed by atoms with E-state index in [1.165, 1.54) is 18.4 Å². The van der Waals surface area contributed by atoms with Crippen molar-refractivity contribution in [3.63, 3.8) is 0 Å². The van der Waals surface area contributed by atoms with Gasteiger partial charge in [0.05, 0.1) is 0 Å². The fraction of sp³-hybridized carbons (Fsp3) is 0.467. The maximum atomic E-state index is 5.17. The van der Waals surface area contributed by atoms with E-state index in [0.717, 1.165) is 25.1 Å². The SMILES string of the molecule is CCCCC(C)=NNC(=S)NCCc1ccccc1. The molecule has 104 valence electrons. The Morgan fingerprint density at radius 2 is 2.00 bits per heavy atom. The summed E-state index contributed by atoms with van der Waals surface area (Å²) in [6.45, 7) is 5.02. The second-order valence-corrected chi connectivity index (χ2v) is 4.96. The molecule has 1 aromatic carbocycles. The molecule has 19 heavy (non-hydrogen) atoms. The first kappa shape index (κ1) is 15.6. The van der Waals surface area contributed by atoms with Crippen LogP contribution in [0, 0.1) is 0 Å². The quantitative estimate of drug-likeness (QED) is 0.456. The van der Waals surface area contributed by atoms with Gasteiger partial charge in [-0.3, -0.25) is 5.43 Å². The summed E-state index contributed by atoms with van der Waals surface area (Å²) in [7, 11) is 0. The summed E-state index contributed by atoms with van der Waals surface area (Å²) in [5.74, 6) is 0. The van der Waals surface area contributed by atoms with Crippen molar-refractivity contribution in [1.82, 2.24) is 10.7 Å². The highest BCUT2D eigenvalue weighted by molar-refractivity contribution is 7.80. The standard InChI is InChI=1S/C15H23N3S/c1-3-4-8-13(2)17-18-15(19)16-12-11-14-9-6-5-7-10-14/h5-7,9-10H,3-4,8,11-12H2,1-2H3,(H2,16,18,19). The van der Waals surface area contributed by atoms with Crippen LogP contribution in [0.25, 0.3) is 0 Å². The molecule has 2 N–H and O–H groups in total. The molecule has 0 bridgehead atoms. The van der Waals surface area contributed by atoms with Gasteiger partial charge in [-0.25, -0.2) is 0 Å². The Bertz CT molecular complexity index is 401. The van der Waals surface area contributed by atoms with E-state index in [0.29, 0.717) is 5.11 Å². The first-order chi connectivity index (χ1) is 9.22. The van der Waals surface area contributed by atoms with Gasteiger partial charge in [0.1, 0.15) is 0 Å². The van der Waals surface area contributed by atoms with Gasteiger partial charge in [-0.1, -0.05) is 43.7 Å². The Balaban J connectivity index is 2.18. The minimum Gasteiger partial charge on any atom is -0.361 e. The number of hydrogen-bond acceptors (Lipinski definition) is 2. The van der Waals surface area contributed by atoms with Gasteiger partial charge < -0.3 is 5.32 Å². The Morgan fingerprint density at radius 1 is 1.26 bits per heavy atom. The van der Waals surface area contributed by atoms with Crippen LogP contribution in [0.3, 0.4) is 0 Å². The molecular weight excluding hydrogens is 254 g/mol. The van der Waals surface area contributed by atoms with Crippen molar-refractivity contribution in [1.29, 1.82) is 0 Å². The number of unbranched alkanes of at least 4 members (excludes halogenated alkanes) is 1. The van der Waals surface area contributed by atoms with Crippen molar-refractivity contribution in [3.8, 4) is 0 Å². The number of rotatable bonds is 7. The lowest BCUT2D eigenvalue weighted by Gasteiger charge is -2.08. The maximum absolute atomic E-state index is 5.17. The largest absolute Gasteiger partial charge is 0.361 e. The third-order valence-corrected chi connectivity index (χ3v) is 3.02. The van der Waals surface area contributed by atoms with Crippen LogP contribution >= 0.6 is 12.2 Å². The number of nitrogens with one attached hydrogen (secondary N) is 2. The zero-order valence-electron chi connectivity index (χ0n) is 11.8. The van der Waals surface area contributed by atoms with Crippen molar-refractivity contribution in [2.45, 2.75) is 39.5 Å². The first-order valence-corrected chi connectivity index (χ1v) is 7.24. The predicted octanol–water partition coefficient (Wildman–Crippen LogP) is 3.26. The highest BCUT2D eigenvalue weighted by Crippen LogP contribution is 1.98. The lowest BCUT2D eigenvalue weighted by Crippen LogP contribution is -2.33. The molecule has 0 aliphatic rings. The smallest absolute Gasteiger partial charge is 0.186 e. The lowest BCUT2D eigenvalue weighted by molar-refractivity contribution is 0.813. The summed E-state index contributed by atoms with van der Waals surface area (Å²) in [6.07, 6.45) is 4.34. The van der Waals surface area contributed by atoms with E-state index in [1.54, 1.807) is 0 Å². The van der Waals surface area contributed by atoms with Gasteiger partial charge in [-0.2, -0.15) is 5.10 Å². The summed E-state index contributed by atoms with van der Waals surface area (Å²) in [5.41, 5.74) is 5.28. The van der Waals surface area contributed by atoms with Gasteiger partial charge in [-0.05, 0) is 44.0 Å². The van der Waals surface area contributed by atoms with Gasteiger partial charge in [0, 0.05) is 12.3 Å². The molecule has 0 aliphatic carbocycles. The van der Waals surface area contributed by atoms with Crippen LogP contribution in [0.15, 0.2) is 35.4 Å². The zero-order chi connectivity index (χ0) is 13.9. The minimum absolute atomic E-state index is 0.590. The molecule has 0 fully saturated rings. The second-order valence-electron chi connectivity index (χ2n) is 4.55. The summed E-state index contributed by atoms with van der Waals surface area (Å²) >= 11 is 5.17. The highest BCUT2D eigenvalue weighted by atomic mass is 32.1. The molecule has 0 aromatic heterocycles. The third kappa shape index (κ3) is 7.57. The zero-order valence-corrected chi connectivity index (χ0v) is 12.6. The molecule has 0 spiro atoms. The lowest BCUT2D eigenvalue weighted by atomic mass is 10.1. The highest BCUT2D eigenvalue weighted by Gasteiger charge is 1.96. The van der Waals surface area contributed by atoms with Gasteiger partial charge in [0.2, 0.25) is 0 Å². The Kier molecular flexibility index (Phi) is 7.82. The van der Waals surface area contributed by atoms with E-state index in [9.17, 15) is 0 Å². The van der Waals surface area contributed by atoms with Crippen LogP contribution in [-0.4, -0.2) is 17.4 Å². The number of hydrazone groups is 1. The average Bonchev–Trinajstić information content (AvgIpc) is 2.44. The molecule has 1 rings (SSSR count). The van der Waals surface area contributed by atoms with Crippen LogP contribution in [0.2, 0.25) is 0 Å². The topological polar surface area (TPSA) is 36.4 Å². The summed E-state index contributed by atoms with van der Waals surface area (Å²) in [4.78, 5) is 0. The van der Waals surface area contributed by atoms with Gasteiger partial charge in [-0.15, -0.1) is 0 Å². The van der Waals surface area contributed by atoms with Crippen LogP contribution in [0.5, 0.6) is 0 Å². The van der Waals surface area contributed by atoms with Crippen LogP contribution in [-0.2, 0) is 6.42 Å². The number of hydrogen-bond donors (Lipinski definition) is 2. The summed E-state index contributed by atoms with van der Waals surface area (Å²) in [6, 6.07) is 10.4. The van der Waals surface area contributed by atoms with Crippen LogP contribution in [0.4, 0.5) is 0 Å². The molecule has 3 nitrogen and oxygen atoms in total. The fourth-order valence-electron chi connectivity index (χ4n) is 1.64. The molecule has 0 heterocycles. The molecule has 0 unspecified atom stereocenters. The molecule has 0 amide bonds. The molecular formula is C15H23N3S. The molecule has 0 saturated heterocycles. The third-order valence-electron chi connectivity index (χ3n) is 2.78. The Morgan fingerprint density at radius 3 is 2.68 bits per heavy atom. The van der Waals surface area contributed by atoms with Crippen molar-refractivity contribution in [3.05, 3.63) is 35.9 Å². The van der Waals surface area contributed by atoms with Crippen molar-refractivity contribution in [2.75, 3.05) is 6.54 Å². The van der Waals surface area contributed by atoms with Gasteiger partial charge >= 0.3 is 0 Å². The molecule has 0 radical (unpaired) electrons. The second kappa shape index (κ2) is 9.50. The van der Waals surface area contributed by atoms with Crippen LogP contribution in [0.1, 0.15) is 38.7 Å². The average molecular weight is 277 g/mol. The van der Waals surface area contributed by atoms with E-state index >= 15 is 0 Å². The van der Waals surface area contributed by atoms with Crippen LogP contribution < -0.4 is 10.7 Å². The molecule has 4 heteroatoms. The monoisotopic (exact) mass is 277 g/mol. The normalized spacial score (nSPS) is 11.2. The Hall–Kier alpha value is -1.42. The van der Waals surface area contributed by atoms with Crippen molar-refractivity contribution >= 4 is 23.0 Å².